The van der Waals surface area contributed by atoms with Crippen LogP contribution in [0.2, 0.25) is 0 Å². The molecule has 3 atom stereocenters. The van der Waals surface area contributed by atoms with Crippen molar-refractivity contribution in [2.75, 3.05) is 13.1 Å². The topological polar surface area (TPSA) is 123 Å². The van der Waals surface area contributed by atoms with Gasteiger partial charge in [-0.05, 0) is 74.8 Å². The van der Waals surface area contributed by atoms with Crippen LogP contribution in [0.25, 0.3) is 11.2 Å². The molecule has 1 saturated heterocycles. The number of carbonyl (C=O) groups excluding carboxylic acids is 2. The quantitative estimate of drug-likeness (QED) is 0.758. The van der Waals surface area contributed by atoms with Crippen molar-refractivity contribution in [1.29, 1.82) is 0 Å². The van der Waals surface area contributed by atoms with Gasteiger partial charge in [0.1, 0.15) is 6.10 Å². The minimum Gasteiger partial charge on any atom is -0.446 e. The van der Waals surface area contributed by atoms with E-state index in [0.717, 1.165) is 37.7 Å². The van der Waals surface area contributed by atoms with Gasteiger partial charge in [-0.25, -0.2) is 14.6 Å². The van der Waals surface area contributed by atoms with Crippen LogP contribution in [0.5, 0.6) is 0 Å². The van der Waals surface area contributed by atoms with Crippen LogP contribution in [0.15, 0.2) is 17.1 Å². The van der Waals surface area contributed by atoms with Crippen molar-refractivity contribution in [3.05, 3.63) is 28.3 Å². The average molecular weight is 440 g/mol. The maximum atomic E-state index is 13.1. The molecule has 170 valence electrons. The number of primary amides is 1. The zero-order valence-corrected chi connectivity index (χ0v) is 18.3. The van der Waals surface area contributed by atoms with Crippen molar-refractivity contribution in [2.24, 2.45) is 28.9 Å². The smallest absolute Gasteiger partial charge is 0.410 e. The zero-order valence-electron chi connectivity index (χ0n) is 18.3. The predicted molar refractivity (Wildman–Crippen MR) is 116 cm³/mol. The van der Waals surface area contributed by atoms with Gasteiger partial charge in [0.25, 0.3) is 0 Å². The van der Waals surface area contributed by atoms with E-state index in [-0.39, 0.29) is 47.1 Å². The number of amides is 2. The Hall–Kier alpha value is -2.84. The highest BCUT2D eigenvalue weighted by molar-refractivity contribution is 5.81. The maximum Gasteiger partial charge on any atom is 0.410 e. The Balaban J connectivity index is 1.16. The number of aromatic amines is 1. The number of rotatable bonds is 3. The molecule has 7 rings (SSSR count). The standard InChI is InChI=1S/C23H29N5O4/c1-12-4-17-19(25-10-12)28(21(30)26-17)16-2-3-27(11-16)22(31)32-18-14-5-13-6-15(18)9-23(7-13,8-14)20(24)29/h4,10,13-16,18H,2-3,5-9,11H2,1H3,(H2,24,29)(H,26,30)/t13?,14?,15?,16-,18-,23-/m1/s1. The fraction of sp³-hybridized carbons (Fsp3) is 0.652. The van der Waals surface area contributed by atoms with Crippen LogP contribution in [0.3, 0.4) is 0 Å². The first-order valence-electron chi connectivity index (χ1n) is 11.7. The second-order valence-electron chi connectivity index (χ2n) is 10.5. The number of nitrogens with two attached hydrogens (primary N) is 1. The summed E-state index contributed by atoms with van der Waals surface area (Å²) in [6.45, 7) is 2.91. The summed E-state index contributed by atoms with van der Waals surface area (Å²) in [4.78, 5) is 46.8. The minimum absolute atomic E-state index is 0.129. The molecule has 4 saturated carbocycles. The Labute approximate surface area is 185 Å². The van der Waals surface area contributed by atoms with Gasteiger partial charge in [-0.2, -0.15) is 0 Å². The molecule has 2 unspecified atom stereocenters. The lowest BCUT2D eigenvalue weighted by molar-refractivity contribution is -0.161. The number of aryl methyl sites for hydroxylation is 1. The summed E-state index contributed by atoms with van der Waals surface area (Å²) in [6, 6.07) is 1.78. The summed E-state index contributed by atoms with van der Waals surface area (Å²) in [6.07, 6.45) is 6.40. The van der Waals surface area contributed by atoms with E-state index in [1.807, 2.05) is 13.0 Å². The van der Waals surface area contributed by atoms with Crippen molar-refractivity contribution in [3.63, 3.8) is 0 Å². The van der Waals surface area contributed by atoms with E-state index in [0.29, 0.717) is 36.6 Å². The molecule has 4 aliphatic carbocycles. The SMILES string of the molecule is Cc1cnc2c(c1)[nH]c(=O)n2[C@@H]1CCN(C(=O)O[C@H]2C3CC4CC2C[C@](C(N)=O)(C4)C3)C1. The van der Waals surface area contributed by atoms with E-state index in [4.69, 9.17) is 10.5 Å². The summed E-state index contributed by atoms with van der Waals surface area (Å²) >= 11 is 0. The Morgan fingerprint density at radius 1 is 1.25 bits per heavy atom. The molecule has 2 amide bonds. The number of fused-ring (bicyclic) bond motifs is 1. The lowest BCUT2D eigenvalue weighted by Crippen LogP contribution is -2.59. The number of hydrogen-bond acceptors (Lipinski definition) is 5. The van der Waals surface area contributed by atoms with Gasteiger partial charge in [-0.3, -0.25) is 9.36 Å². The molecule has 2 aromatic rings. The summed E-state index contributed by atoms with van der Waals surface area (Å²) < 4.78 is 7.73. The van der Waals surface area contributed by atoms with E-state index in [1.165, 1.54) is 0 Å². The van der Waals surface area contributed by atoms with Crippen molar-refractivity contribution >= 4 is 23.2 Å². The Morgan fingerprint density at radius 3 is 2.72 bits per heavy atom. The fourth-order valence-electron chi connectivity index (χ4n) is 7.24. The molecule has 5 fully saturated rings. The van der Waals surface area contributed by atoms with Crippen molar-refractivity contribution in [2.45, 2.75) is 57.6 Å². The van der Waals surface area contributed by atoms with Gasteiger partial charge in [0.05, 0.1) is 17.0 Å². The van der Waals surface area contributed by atoms with Gasteiger partial charge >= 0.3 is 11.8 Å². The maximum absolute atomic E-state index is 13.1. The van der Waals surface area contributed by atoms with Crippen molar-refractivity contribution in [3.8, 4) is 0 Å². The number of imidazole rings is 1. The zero-order chi connectivity index (χ0) is 22.2. The van der Waals surface area contributed by atoms with Gasteiger partial charge in [0.2, 0.25) is 5.91 Å². The molecule has 9 nitrogen and oxygen atoms in total. The lowest BCUT2D eigenvalue weighted by atomic mass is 9.48. The summed E-state index contributed by atoms with van der Waals surface area (Å²) in [5, 5.41) is 0. The highest BCUT2D eigenvalue weighted by Gasteiger charge is 2.59. The molecule has 0 spiro atoms. The molecule has 0 radical (unpaired) electrons. The largest absolute Gasteiger partial charge is 0.446 e. The number of pyridine rings is 1. The molecule has 5 aliphatic rings. The third-order valence-electron chi connectivity index (χ3n) is 8.42. The van der Waals surface area contributed by atoms with Gasteiger partial charge in [0, 0.05) is 19.3 Å². The van der Waals surface area contributed by atoms with E-state index in [2.05, 4.69) is 9.97 Å². The molecule has 1 aliphatic heterocycles. The van der Waals surface area contributed by atoms with E-state index < -0.39 is 0 Å². The summed E-state index contributed by atoms with van der Waals surface area (Å²) in [7, 11) is 0. The number of ether oxygens (including phenoxy) is 1. The van der Waals surface area contributed by atoms with Crippen molar-refractivity contribution < 1.29 is 14.3 Å². The van der Waals surface area contributed by atoms with Crippen LogP contribution in [-0.2, 0) is 9.53 Å². The number of hydrogen-bond donors (Lipinski definition) is 2. The van der Waals surface area contributed by atoms with Gasteiger partial charge < -0.3 is 20.4 Å². The first-order valence-corrected chi connectivity index (χ1v) is 11.7. The Morgan fingerprint density at radius 2 is 2.00 bits per heavy atom. The third kappa shape index (κ3) is 2.89. The second kappa shape index (κ2) is 6.83. The van der Waals surface area contributed by atoms with Crippen LogP contribution < -0.4 is 11.4 Å². The third-order valence-corrected chi connectivity index (χ3v) is 8.42. The molecule has 3 N–H and O–H groups in total. The fourth-order valence-corrected chi connectivity index (χ4v) is 7.24. The second-order valence-corrected chi connectivity index (χ2v) is 10.5. The van der Waals surface area contributed by atoms with E-state index in [9.17, 15) is 14.4 Å². The first-order chi connectivity index (χ1) is 15.3. The molecule has 2 aromatic heterocycles. The van der Waals surface area contributed by atoms with Crippen LogP contribution in [-0.4, -0.2) is 50.6 Å². The van der Waals surface area contributed by atoms with E-state index >= 15 is 0 Å². The highest BCUT2D eigenvalue weighted by Crippen LogP contribution is 2.60. The van der Waals surface area contributed by atoms with Gasteiger partial charge in [-0.15, -0.1) is 0 Å². The summed E-state index contributed by atoms with van der Waals surface area (Å²) in [5.41, 5.74) is 7.50. The number of aromatic nitrogens is 3. The van der Waals surface area contributed by atoms with Gasteiger partial charge in [0.15, 0.2) is 5.65 Å². The van der Waals surface area contributed by atoms with E-state index in [1.54, 1.807) is 15.7 Å². The van der Waals surface area contributed by atoms with Crippen LogP contribution in [0, 0.1) is 30.1 Å². The van der Waals surface area contributed by atoms with Gasteiger partial charge in [-0.1, -0.05) is 0 Å². The number of nitrogens with one attached hydrogen (secondary N) is 1. The van der Waals surface area contributed by atoms with Crippen molar-refractivity contribution in [1.82, 2.24) is 19.4 Å². The van der Waals surface area contributed by atoms with Crippen LogP contribution in [0.4, 0.5) is 4.79 Å². The monoisotopic (exact) mass is 439 g/mol. The predicted octanol–water partition coefficient (Wildman–Crippen LogP) is 2.10. The lowest BCUT2D eigenvalue weighted by Gasteiger charge is -2.58. The highest BCUT2D eigenvalue weighted by atomic mass is 16.6. The molecule has 4 bridgehead atoms. The van der Waals surface area contributed by atoms with Crippen LogP contribution >= 0.6 is 0 Å². The molecular formula is C23H29N5O4. The number of carbonyl (C=O) groups is 2. The molecule has 0 aromatic carbocycles. The summed E-state index contributed by atoms with van der Waals surface area (Å²) in [5.74, 6) is 0.785. The molecule has 32 heavy (non-hydrogen) atoms. The number of H-pyrrole nitrogens is 1. The molecule has 3 heterocycles. The normalized spacial score (nSPS) is 35.5. The first kappa shape index (κ1) is 19.8. The Bertz CT molecular complexity index is 1150. The number of likely N-dealkylation sites (tertiary alicyclic amines) is 1. The van der Waals surface area contributed by atoms with Crippen LogP contribution in [0.1, 0.15) is 50.1 Å². The molecular weight excluding hydrogens is 410 g/mol. The average Bonchev–Trinajstić information content (AvgIpc) is 3.33. The Kier molecular flexibility index (Phi) is 4.23. The number of nitrogens with zero attached hydrogens (tertiary/aromatic N) is 3. The minimum atomic E-state index is -0.389. The molecule has 9 heteroatoms.